The molecule has 0 atom stereocenters. The summed E-state index contributed by atoms with van der Waals surface area (Å²) in [5.41, 5.74) is 3.23. The molecule has 0 radical (unpaired) electrons. The first-order valence-electron chi connectivity index (χ1n) is 6.16. The topological polar surface area (TPSA) is 27.1 Å². The molecule has 1 aromatic carbocycles. The minimum atomic E-state index is 0.553. The van der Waals surface area contributed by atoms with E-state index in [1.807, 2.05) is 42.9 Å². The fourth-order valence-corrected chi connectivity index (χ4v) is 2.26. The van der Waals surface area contributed by atoms with E-state index < -0.39 is 0 Å². The molecule has 0 amide bonds. The smallest absolute Gasteiger partial charge is 0.0900 e. The molecule has 3 nitrogen and oxygen atoms in total. The van der Waals surface area contributed by atoms with Gasteiger partial charge in [-0.3, -0.25) is 4.68 Å². The molecule has 1 aromatic heterocycles. The van der Waals surface area contributed by atoms with Gasteiger partial charge in [0, 0.05) is 7.05 Å². The van der Waals surface area contributed by atoms with Crippen LogP contribution in [0.2, 0.25) is 0 Å². The van der Waals surface area contributed by atoms with E-state index in [-0.39, 0.29) is 0 Å². The monoisotopic (exact) mass is 320 g/mol. The van der Waals surface area contributed by atoms with Crippen molar-refractivity contribution < 1.29 is 4.74 Å². The lowest BCUT2D eigenvalue weighted by molar-refractivity contribution is 0.142. The Morgan fingerprint density at radius 1 is 1.32 bits per heavy atom. The van der Waals surface area contributed by atoms with E-state index in [9.17, 15) is 0 Å². The van der Waals surface area contributed by atoms with E-state index in [4.69, 9.17) is 4.74 Å². The molecule has 0 N–H and O–H groups in total. The molecule has 1 heterocycles. The Labute approximate surface area is 122 Å². The molecule has 100 valence electrons. The van der Waals surface area contributed by atoms with Crippen molar-refractivity contribution in [2.75, 3.05) is 6.61 Å². The van der Waals surface area contributed by atoms with Gasteiger partial charge >= 0.3 is 0 Å². The third-order valence-corrected chi connectivity index (χ3v) is 3.86. The van der Waals surface area contributed by atoms with Gasteiger partial charge in [-0.15, -0.1) is 0 Å². The van der Waals surface area contributed by atoms with Crippen LogP contribution in [0.25, 0.3) is 6.08 Å². The van der Waals surface area contributed by atoms with Crippen LogP contribution in [0.5, 0.6) is 0 Å². The summed E-state index contributed by atoms with van der Waals surface area (Å²) in [5, 5.41) is 4.33. The molecule has 0 saturated heterocycles. The van der Waals surface area contributed by atoms with Crippen molar-refractivity contribution in [3.8, 4) is 0 Å². The van der Waals surface area contributed by atoms with Gasteiger partial charge in [0.25, 0.3) is 0 Å². The van der Waals surface area contributed by atoms with Gasteiger partial charge in [0.2, 0.25) is 0 Å². The molecule has 2 aromatic rings. The number of rotatable bonds is 5. The zero-order valence-corrected chi connectivity index (χ0v) is 12.7. The molecule has 0 spiro atoms. The molecule has 0 saturated carbocycles. The van der Waals surface area contributed by atoms with Crippen LogP contribution in [0.15, 0.2) is 40.9 Å². The highest BCUT2D eigenvalue weighted by Crippen LogP contribution is 2.20. The first-order valence-corrected chi connectivity index (χ1v) is 6.95. The molecule has 0 aliphatic rings. The van der Waals surface area contributed by atoms with Crippen molar-refractivity contribution in [3.05, 3.63) is 57.8 Å². The van der Waals surface area contributed by atoms with Gasteiger partial charge in [-0.05, 0) is 28.4 Å². The number of nitrogens with zero attached hydrogens (tertiary/aromatic N) is 2. The average molecular weight is 321 g/mol. The van der Waals surface area contributed by atoms with Gasteiger partial charge in [0.1, 0.15) is 0 Å². The highest BCUT2D eigenvalue weighted by atomic mass is 79.9. The maximum Gasteiger partial charge on any atom is 0.0900 e. The van der Waals surface area contributed by atoms with E-state index in [1.54, 1.807) is 0 Å². The van der Waals surface area contributed by atoms with Crippen LogP contribution in [0.1, 0.15) is 17.0 Å². The van der Waals surface area contributed by atoms with Crippen LogP contribution in [-0.2, 0) is 18.4 Å². The Bertz CT molecular complexity index is 561. The molecular formula is C15H17BrN2O. The summed E-state index contributed by atoms with van der Waals surface area (Å²) in [5.74, 6) is 0. The van der Waals surface area contributed by atoms with Gasteiger partial charge in [0.15, 0.2) is 0 Å². The standard InChI is InChI=1S/C15H17BrN2O/c1-12-15(16)14(18(2)17-12)11-19-10-6-9-13-7-4-3-5-8-13/h3-9H,10-11H2,1-2H3. The van der Waals surface area contributed by atoms with Crippen molar-refractivity contribution in [2.45, 2.75) is 13.5 Å². The van der Waals surface area contributed by atoms with Crippen molar-refractivity contribution in [3.63, 3.8) is 0 Å². The van der Waals surface area contributed by atoms with Crippen molar-refractivity contribution >= 4 is 22.0 Å². The largest absolute Gasteiger partial charge is 0.371 e. The van der Waals surface area contributed by atoms with Crippen molar-refractivity contribution in [1.82, 2.24) is 9.78 Å². The van der Waals surface area contributed by atoms with Crippen LogP contribution in [-0.4, -0.2) is 16.4 Å². The summed E-state index contributed by atoms with van der Waals surface area (Å²) >= 11 is 3.53. The minimum Gasteiger partial charge on any atom is -0.371 e. The second-order valence-corrected chi connectivity index (χ2v) is 5.09. The van der Waals surface area contributed by atoms with Crippen LogP contribution in [0.3, 0.4) is 0 Å². The number of ether oxygens (including phenoxy) is 1. The maximum atomic E-state index is 5.64. The van der Waals surface area contributed by atoms with Gasteiger partial charge in [-0.25, -0.2) is 0 Å². The highest BCUT2D eigenvalue weighted by molar-refractivity contribution is 9.10. The van der Waals surface area contributed by atoms with E-state index in [2.05, 4.69) is 39.2 Å². The predicted octanol–water partition coefficient (Wildman–Crippen LogP) is 3.72. The fraction of sp³-hybridized carbons (Fsp3) is 0.267. The summed E-state index contributed by atoms with van der Waals surface area (Å²) < 4.78 is 8.52. The number of hydrogen-bond donors (Lipinski definition) is 0. The van der Waals surface area contributed by atoms with Crippen LogP contribution >= 0.6 is 15.9 Å². The van der Waals surface area contributed by atoms with Gasteiger partial charge in [-0.2, -0.15) is 5.10 Å². The summed E-state index contributed by atoms with van der Waals surface area (Å²) in [6.45, 7) is 3.12. The van der Waals surface area contributed by atoms with Crippen LogP contribution in [0, 0.1) is 6.92 Å². The SMILES string of the molecule is Cc1nn(C)c(COCC=Cc2ccccc2)c1Br. The van der Waals surface area contributed by atoms with Crippen molar-refractivity contribution in [2.24, 2.45) is 7.05 Å². The first-order chi connectivity index (χ1) is 9.18. The third kappa shape index (κ3) is 3.78. The zero-order valence-electron chi connectivity index (χ0n) is 11.1. The maximum absolute atomic E-state index is 5.64. The molecular weight excluding hydrogens is 304 g/mol. The lowest BCUT2D eigenvalue weighted by Gasteiger charge is -2.03. The lowest BCUT2D eigenvalue weighted by atomic mass is 10.2. The Balaban J connectivity index is 1.83. The fourth-order valence-electron chi connectivity index (χ4n) is 1.81. The number of aromatic nitrogens is 2. The lowest BCUT2D eigenvalue weighted by Crippen LogP contribution is -2.01. The number of halogens is 1. The van der Waals surface area contributed by atoms with E-state index in [1.165, 1.54) is 5.56 Å². The Hall–Kier alpha value is -1.39. The minimum absolute atomic E-state index is 0.553. The summed E-state index contributed by atoms with van der Waals surface area (Å²) in [6.07, 6.45) is 4.08. The molecule has 0 bridgehead atoms. The number of aryl methyl sites for hydroxylation is 2. The van der Waals surface area contributed by atoms with Crippen LogP contribution in [0.4, 0.5) is 0 Å². The third-order valence-electron chi connectivity index (χ3n) is 2.82. The van der Waals surface area contributed by atoms with E-state index in [0.717, 1.165) is 15.9 Å². The second-order valence-electron chi connectivity index (χ2n) is 4.30. The Kier molecular flexibility index (Phi) is 4.93. The number of hydrogen-bond acceptors (Lipinski definition) is 2. The molecule has 0 aliphatic heterocycles. The van der Waals surface area contributed by atoms with Gasteiger partial charge < -0.3 is 4.74 Å². The molecule has 4 heteroatoms. The average Bonchev–Trinajstić information content (AvgIpc) is 2.65. The highest BCUT2D eigenvalue weighted by Gasteiger charge is 2.09. The zero-order chi connectivity index (χ0) is 13.7. The van der Waals surface area contributed by atoms with Gasteiger partial charge in [0.05, 0.1) is 29.1 Å². The Morgan fingerprint density at radius 3 is 2.68 bits per heavy atom. The van der Waals surface area contributed by atoms with E-state index >= 15 is 0 Å². The summed E-state index contributed by atoms with van der Waals surface area (Å²) in [4.78, 5) is 0. The molecule has 0 unspecified atom stereocenters. The normalized spacial score (nSPS) is 11.3. The Morgan fingerprint density at radius 2 is 2.05 bits per heavy atom. The quantitative estimate of drug-likeness (QED) is 0.785. The molecule has 0 aliphatic carbocycles. The number of benzene rings is 1. The predicted molar refractivity (Wildman–Crippen MR) is 80.8 cm³/mol. The summed E-state index contributed by atoms with van der Waals surface area (Å²) in [7, 11) is 1.93. The first kappa shape index (κ1) is 14.0. The van der Waals surface area contributed by atoms with Gasteiger partial charge in [-0.1, -0.05) is 42.5 Å². The van der Waals surface area contributed by atoms with Crippen molar-refractivity contribution in [1.29, 1.82) is 0 Å². The van der Waals surface area contributed by atoms with E-state index in [0.29, 0.717) is 13.2 Å². The molecule has 2 rings (SSSR count). The summed E-state index contributed by atoms with van der Waals surface area (Å²) in [6, 6.07) is 10.2. The van der Waals surface area contributed by atoms with Crippen LogP contribution < -0.4 is 0 Å². The second kappa shape index (κ2) is 6.68. The molecule has 0 fully saturated rings. The molecule has 19 heavy (non-hydrogen) atoms.